The first-order valence-corrected chi connectivity index (χ1v) is 8.19. The molecule has 2 aromatic heterocycles. The number of benzene rings is 1. The molecular weight excluding hydrogens is 330 g/mol. The van der Waals surface area contributed by atoms with Crippen molar-refractivity contribution in [1.82, 2.24) is 15.0 Å². The quantitative estimate of drug-likeness (QED) is 0.676. The van der Waals surface area contributed by atoms with Crippen LogP contribution in [0.3, 0.4) is 0 Å². The zero-order chi connectivity index (χ0) is 18.4. The molecule has 0 bridgehead atoms. The van der Waals surface area contributed by atoms with Gasteiger partial charge in [0.1, 0.15) is 11.6 Å². The van der Waals surface area contributed by atoms with Crippen molar-refractivity contribution in [2.75, 3.05) is 31.8 Å². The van der Waals surface area contributed by atoms with Crippen LogP contribution >= 0.6 is 0 Å². The van der Waals surface area contributed by atoms with Gasteiger partial charge in [0.2, 0.25) is 11.8 Å². The first kappa shape index (κ1) is 17.5. The van der Waals surface area contributed by atoms with Crippen molar-refractivity contribution in [3.05, 3.63) is 54.2 Å². The van der Waals surface area contributed by atoms with E-state index in [9.17, 15) is 0 Å². The van der Waals surface area contributed by atoms with E-state index < -0.39 is 0 Å². The van der Waals surface area contributed by atoms with Crippen LogP contribution in [0.1, 0.15) is 5.56 Å². The molecule has 0 amide bonds. The average molecular weight is 351 g/mol. The van der Waals surface area contributed by atoms with Crippen molar-refractivity contribution >= 4 is 11.8 Å². The third-order valence-corrected chi connectivity index (χ3v) is 3.86. The molecule has 0 unspecified atom stereocenters. The Morgan fingerprint density at radius 1 is 1.00 bits per heavy atom. The summed E-state index contributed by atoms with van der Waals surface area (Å²) in [6.45, 7) is 0.725. The molecule has 0 aliphatic heterocycles. The molecule has 3 rings (SSSR count). The number of aromatic nitrogens is 3. The smallest absolute Gasteiger partial charge is 0.222 e. The highest BCUT2D eigenvalue weighted by Crippen LogP contribution is 2.21. The van der Waals surface area contributed by atoms with Gasteiger partial charge in [-0.3, -0.25) is 0 Å². The van der Waals surface area contributed by atoms with Crippen LogP contribution in [0.5, 0.6) is 11.6 Å². The van der Waals surface area contributed by atoms with E-state index in [1.165, 1.54) is 5.56 Å². The van der Waals surface area contributed by atoms with Crippen LogP contribution in [0.2, 0.25) is 0 Å². The lowest BCUT2D eigenvalue weighted by Crippen LogP contribution is -2.08. The lowest BCUT2D eigenvalue weighted by molar-refractivity contribution is 0.398. The van der Waals surface area contributed by atoms with Gasteiger partial charge < -0.3 is 20.5 Å². The summed E-state index contributed by atoms with van der Waals surface area (Å²) in [5, 5.41) is 3.29. The zero-order valence-electron chi connectivity index (χ0n) is 14.8. The Kier molecular flexibility index (Phi) is 5.48. The normalized spacial score (nSPS) is 10.4. The van der Waals surface area contributed by atoms with Gasteiger partial charge >= 0.3 is 0 Å². The third kappa shape index (κ3) is 4.38. The minimum absolute atomic E-state index is 0.213. The third-order valence-electron chi connectivity index (χ3n) is 3.86. The number of anilines is 2. The SMILES string of the molecule is COc1ccc(CCNc2cc(-c3ccc(OC)nc3)nc(N)n2)cc1. The second kappa shape index (κ2) is 8.15. The van der Waals surface area contributed by atoms with E-state index in [1.807, 2.05) is 36.4 Å². The maximum Gasteiger partial charge on any atom is 0.222 e. The Morgan fingerprint density at radius 2 is 1.81 bits per heavy atom. The van der Waals surface area contributed by atoms with Crippen molar-refractivity contribution in [2.24, 2.45) is 0 Å². The van der Waals surface area contributed by atoms with Crippen molar-refractivity contribution in [3.63, 3.8) is 0 Å². The molecule has 134 valence electrons. The van der Waals surface area contributed by atoms with Crippen molar-refractivity contribution in [1.29, 1.82) is 0 Å². The summed E-state index contributed by atoms with van der Waals surface area (Å²) in [5.74, 6) is 2.29. The molecule has 0 saturated carbocycles. The van der Waals surface area contributed by atoms with Gasteiger partial charge in [-0.1, -0.05) is 12.1 Å². The highest BCUT2D eigenvalue weighted by Gasteiger charge is 2.06. The summed E-state index contributed by atoms with van der Waals surface area (Å²) in [7, 11) is 3.24. The largest absolute Gasteiger partial charge is 0.497 e. The number of nitrogens with one attached hydrogen (secondary N) is 1. The summed E-state index contributed by atoms with van der Waals surface area (Å²) < 4.78 is 10.2. The van der Waals surface area contributed by atoms with E-state index in [1.54, 1.807) is 26.5 Å². The maximum absolute atomic E-state index is 5.85. The second-order valence-corrected chi connectivity index (χ2v) is 5.61. The van der Waals surface area contributed by atoms with Crippen molar-refractivity contribution in [2.45, 2.75) is 6.42 Å². The molecule has 7 heteroatoms. The minimum atomic E-state index is 0.213. The molecule has 0 saturated heterocycles. The predicted octanol–water partition coefficient (Wildman–Crippen LogP) is 2.79. The fourth-order valence-corrected chi connectivity index (χ4v) is 2.48. The molecule has 1 aromatic carbocycles. The highest BCUT2D eigenvalue weighted by atomic mass is 16.5. The van der Waals surface area contributed by atoms with Crippen molar-refractivity contribution in [3.8, 4) is 22.9 Å². The summed E-state index contributed by atoms with van der Waals surface area (Å²) in [6.07, 6.45) is 2.55. The van der Waals surface area contributed by atoms with E-state index in [0.29, 0.717) is 17.4 Å². The first-order chi connectivity index (χ1) is 12.7. The number of nitrogens with zero attached hydrogens (tertiary/aromatic N) is 3. The maximum atomic E-state index is 5.85. The van der Waals surface area contributed by atoms with E-state index >= 15 is 0 Å². The average Bonchev–Trinajstić information content (AvgIpc) is 2.68. The van der Waals surface area contributed by atoms with E-state index in [4.69, 9.17) is 15.2 Å². The molecule has 26 heavy (non-hydrogen) atoms. The van der Waals surface area contributed by atoms with Crippen LogP contribution in [0, 0.1) is 0 Å². The van der Waals surface area contributed by atoms with Gasteiger partial charge in [0.25, 0.3) is 0 Å². The van der Waals surface area contributed by atoms with Crippen LogP contribution in [0.15, 0.2) is 48.7 Å². The summed E-state index contributed by atoms with van der Waals surface area (Å²) in [5.41, 5.74) is 8.61. The molecule has 0 fully saturated rings. The Bertz CT molecular complexity index is 851. The molecular formula is C19H21N5O2. The van der Waals surface area contributed by atoms with Gasteiger partial charge in [0.15, 0.2) is 0 Å². The second-order valence-electron chi connectivity index (χ2n) is 5.61. The molecule has 3 aromatic rings. The van der Waals surface area contributed by atoms with Crippen LogP contribution < -0.4 is 20.5 Å². The fourth-order valence-electron chi connectivity index (χ4n) is 2.48. The van der Waals surface area contributed by atoms with Gasteiger partial charge in [-0.05, 0) is 30.2 Å². The number of nitrogen functional groups attached to an aromatic ring is 1. The molecule has 0 aliphatic rings. The Balaban J connectivity index is 1.66. The number of hydrogen-bond acceptors (Lipinski definition) is 7. The monoisotopic (exact) mass is 351 g/mol. The summed E-state index contributed by atoms with van der Waals surface area (Å²) in [4.78, 5) is 12.7. The lowest BCUT2D eigenvalue weighted by Gasteiger charge is -2.09. The molecule has 0 atom stereocenters. The molecule has 0 aliphatic carbocycles. The van der Waals surface area contributed by atoms with Crippen LogP contribution in [0.4, 0.5) is 11.8 Å². The number of hydrogen-bond donors (Lipinski definition) is 2. The van der Waals surface area contributed by atoms with E-state index in [2.05, 4.69) is 20.3 Å². The molecule has 7 nitrogen and oxygen atoms in total. The van der Waals surface area contributed by atoms with Gasteiger partial charge in [0.05, 0.1) is 19.9 Å². The predicted molar refractivity (Wildman–Crippen MR) is 101 cm³/mol. The molecule has 0 spiro atoms. The van der Waals surface area contributed by atoms with Gasteiger partial charge in [-0.15, -0.1) is 0 Å². The van der Waals surface area contributed by atoms with E-state index in [0.717, 1.165) is 24.3 Å². The number of nitrogens with two attached hydrogens (primary N) is 1. The molecule has 2 heterocycles. The number of methoxy groups -OCH3 is 2. The summed E-state index contributed by atoms with van der Waals surface area (Å²) in [6, 6.07) is 13.5. The van der Waals surface area contributed by atoms with E-state index in [-0.39, 0.29) is 5.95 Å². The zero-order valence-corrected chi connectivity index (χ0v) is 14.8. The standard InChI is InChI=1S/C19H21N5O2/c1-25-15-6-3-13(4-7-15)9-10-21-17-11-16(23-19(20)24-17)14-5-8-18(26-2)22-12-14/h3-8,11-12H,9-10H2,1-2H3,(H3,20,21,23,24). The van der Waals surface area contributed by atoms with Crippen molar-refractivity contribution < 1.29 is 9.47 Å². The summed E-state index contributed by atoms with van der Waals surface area (Å²) >= 11 is 0. The first-order valence-electron chi connectivity index (χ1n) is 8.19. The van der Waals surface area contributed by atoms with Crippen LogP contribution in [-0.4, -0.2) is 35.7 Å². The fraction of sp³-hybridized carbons (Fsp3) is 0.211. The number of ether oxygens (including phenoxy) is 2. The van der Waals surface area contributed by atoms with Crippen LogP contribution in [0.25, 0.3) is 11.3 Å². The topological polar surface area (TPSA) is 95.2 Å². The highest BCUT2D eigenvalue weighted by molar-refractivity contribution is 5.63. The Hall–Kier alpha value is -3.35. The number of pyridine rings is 1. The minimum Gasteiger partial charge on any atom is -0.497 e. The number of rotatable bonds is 7. The van der Waals surface area contributed by atoms with Gasteiger partial charge in [-0.2, -0.15) is 4.98 Å². The van der Waals surface area contributed by atoms with Gasteiger partial charge in [0, 0.05) is 30.4 Å². The Labute approximate surface area is 152 Å². The van der Waals surface area contributed by atoms with Gasteiger partial charge in [-0.25, -0.2) is 9.97 Å². The molecule has 3 N–H and O–H groups in total. The molecule has 0 radical (unpaired) electrons. The Morgan fingerprint density at radius 3 is 2.46 bits per heavy atom. The van der Waals surface area contributed by atoms with Crippen LogP contribution in [-0.2, 0) is 6.42 Å². The lowest BCUT2D eigenvalue weighted by atomic mass is 10.1.